The third kappa shape index (κ3) is 2.64. The molecule has 1 unspecified atom stereocenters. The molecule has 0 saturated carbocycles. The molecule has 2 heterocycles. The molecule has 0 spiro atoms. The molecule has 2 nitrogen and oxygen atoms in total. The van der Waals surface area contributed by atoms with Crippen molar-refractivity contribution >= 4 is 44.2 Å². The third-order valence-corrected chi connectivity index (χ3v) is 5.14. The van der Waals surface area contributed by atoms with E-state index in [1.807, 2.05) is 0 Å². The molecular weight excluding hydrogens is 280 g/mol. The zero-order valence-corrected chi connectivity index (χ0v) is 11.3. The molecule has 2 rings (SSSR count). The van der Waals surface area contributed by atoms with Crippen LogP contribution in [0.1, 0.15) is 13.3 Å². The molecule has 1 aliphatic heterocycles. The van der Waals surface area contributed by atoms with E-state index in [4.69, 9.17) is 0 Å². The van der Waals surface area contributed by atoms with Crippen LogP contribution >= 0.6 is 39.0 Å². The molecule has 0 bridgehead atoms. The first-order chi connectivity index (χ1) is 6.75. The van der Waals surface area contributed by atoms with Gasteiger partial charge in [0.15, 0.2) is 5.13 Å². The van der Waals surface area contributed by atoms with Crippen LogP contribution in [0.4, 0.5) is 5.13 Å². The first kappa shape index (κ1) is 10.8. The zero-order valence-electron chi connectivity index (χ0n) is 8.07. The van der Waals surface area contributed by atoms with E-state index < -0.39 is 0 Å². The summed E-state index contributed by atoms with van der Waals surface area (Å²) in [6.07, 6.45) is 1.27. The summed E-state index contributed by atoms with van der Waals surface area (Å²) in [5, 5.41) is 4.01. The van der Waals surface area contributed by atoms with Gasteiger partial charge < -0.3 is 4.90 Å². The van der Waals surface area contributed by atoms with Gasteiger partial charge in [0.05, 0.1) is 0 Å². The van der Waals surface area contributed by atoms with Gasteiger partial charge in [0.1, 0.15) is 4.60 Å². The van der Waals surface area contributed by atoms with Crippen molar-refractivity contribution in [2.24, 2.45) is 0 Å². The molecular formula is C9H13BrN2S2. The van der Waals surface area contributed by atoms with Crippen molar-refractivity contribution in [2.45, 2.75) is 18.6 Å². The third-order valence-electron chi connectivity index (χ3n) is 2.30. The molecule has 1 atom stereocenters. The lowest BCUT2D eigenvalue weighted by Crippen LogP contribution is -2.25. The highest BCUT2D eigenvalue weighted by Crippen LogP contribution is 2.27. The summed E-state index contributed by atoms with van der Waals surface area (Å²) in [7, 11) is 0. The van der Waals surface area contributed by atoms with E-state index in [1.54, 1.807) is 11.3 Å². The first-order valence-electron chi connectivity index (χ1n) is 4.73. The molecule has 0 aromatic carbocycles. The number of hydrogen-bond donors (Lipinski definition) is 0. The van der Waals surface area contributed by atoms with Crippen molar-refractivity contribution in [1.29, 1.82) is 0 Å². The highest BCUT2D eigenvalue weighted by atomic mass is 79.9. The Labute approximate surface area is 101 Å². The summed E-state index contributed by atoms with van der Waals surface area (Å²) in [5.74, 6) is 1.22. The summed E-state index contributed by atoms with van der Waals surface area (Å²) in [6.45, 7) is 4.59. The fraction of sp³-hybridized carbons (Fsp3) is 0.667. The molecule has 0 amide bonds. The van der Waals surface area contributed by atoms with Crippen LogP contribution in [0.3, 0.4) is 0 Å². The van der Waals surface area contributed by atoms with E-state index in [1.165, 1.54) is 12.2 Å². The molecule has 1 saturated heterocycles. The summed E-state index contributed by atoms with van der Waals surface area (Å²) in [5.41, 5.74) is 0. The number of hydrogen-bond acceptors (Lipinski definition) is 4. The highest BCUT2D eigenvalue weighted by molar-refractivity contribution is 9.10. The fourth-order valence-corrected chi connectivity index (χ4v) is 3.78. The number of nitrogens with zero attached hydrogens (tertiary/aromatic N) is 2. The van der Waals surface area contributed by atoms with Gasteiger partial charge >= 0.3 is 0 Å². The minimum absolute atomic E-state index is 0.795. The molecule has 78 valence electrons. The average molecular weight is 293 g/mol. The lowest BCUT2D eigenvalue weighted by molar-refractivity contribution is 0.761. The molecule has 5 heteroatoms. The van der Waals surface area contributed by atoms with Gasteiger partial charge in [-0.1, -0.05) is 6.92 Å². The van der Waals surface area contributed by atoms with Crippen LogP contribution in [0.5, 0.6) is 0 Å². The average Bonchev–Trinajstić information content (AvgIpc) is 2.46. The van der Waals surface area contributed by atoms with Gasteiger partial charge in [-0.15, -0.1) is 11.3 Å². The molecule has 1 fully saturated rings. The second kappa shape index (κ2) is 4.86. The molecule has 0 radical (unpaired) electrons. The van der Waals surface area contributed by atoms with Crippen molar-refractivity contribution in [1.82, 2.24) is 4.98 Å². The Morgan fingerprint density at radius 3 is 3.14 bits per heavy atom. The molecule has 1 aromatic heterocycles. The van der Waals surface area contributed by atoms with Gasteiger partial charge in [-0.2, -0.15) is 11.8 Å². The second-order valence-corrected chi connectivity index (χ2v) is 6.61. The predicted octanol–water partition coefficient (Wildman–Crippen LogP) is 3.24. The van der Waals surface area contributed by atoms with E-state index in [9.17, 15) is 0 Å². The molecule has 0 N–H and O–H groups in total. The fourth-order valence-electron chi connectivity index (χ4n) is 1.48. The molecule has 14 heavy (non-hydrogen) atoms. The van der Waals surface area contributed by atoms with Crippen molar-refractivity contribution < 1.29 is 0 Å². The number of thiazole rings is 1. The maximum atomic E-state index is 4.45. The van der Waals surface area contributed by atoms with E-state index in [2.05, 4.69) is 49.9 Å². The monoisotopic (exact) mass is 292 g/mol. The number of halogens is 1. The number of rotatable bonds is 1. The SMILES string of the molecule is CC1CCN(c2nc(Br)cs2)CCS1. The van der Waals surface area contributed by atoms with E-state index in [0.717, 1.165) is 28.1 Å². The van der Waals surface area contributed by atoms with Gasteiger partial charge in [0.2, 0.25) is 0 Å². The summed E-state index contributed by atoms with van der Waals surface area (Å²) in [6, 6.07) is 0. The van der Waals surface area contributed by atoms with E-state index in [0.29, 0.717) is 0 Å². The van der Waals surface area contributed by atoms with Crippen molar-refractivity contribution in [3.05, 3.63) is 9.98 Å². The quantitative estimate of drug-likeness (QED) is 0.791. The van der Waals surface area contributed by atoms with Crippen LogP contribution < -0.4 is 4.90 Å². The van der Waals surface area contributed by atoms with Crippen molar-refractivity contribution in [3.8, 4) is 0 Å². The van der Waals surface area contributed by atoms with Crippen LogP contribution in [-0.2, 0) is 0 Å². The van der Waals surface area contributed by atoms with Crippen LogP contribution in [-0.4, -0.2) is 29.1 Å². The van der Waals surface area contributed by atoms with E-state index >= 15 is 0 Å². The lowest BCUT2D eigenvalue weighted by atomic mass is 10.3. The maximum absolute atomic E-state index is 4.45. The van der Waals surface area contributed by atoms with Gasteiger partial charge in [0.25, 0.3) is 0 Å². The Morgan fingerprint density at radius 1 is 1.57 bits per heavy atom. The first-order valence-corrected chi connectivity index (χ1v) is 7.45. The van der Waals surface area contributed by atoms with Crippen molar-refractivity contribution in [3.63, 3.8) is 0 Å². The van der Waals surface area contributed by atoms with Gasteiger partial charge in [-0.3, -0.25) is 0 Å². The smallest absolute Gasteiger partial charge is 0.186 e. The standard InChI is InChI=1S/C9H13BrN2S2/c1-7-2-3-12(4-5-13-7)9-11-8(10)6-14-9/h6-7H,2-5H2,1H3. The van der Waals surface area contributed by atoms with Crippen LogP contribution in [0.15, 0.2) is 9.98 Å². The summed E-state index contributed by atoms with van der Waals surface area (Å²) >= 11 is 7.19. The molecule has 1 aliphatic rings. The summed E-state index contributed by atoms with van der Waals surface area (Å²) < 4.78 is 0.961. The molecule has 1 aromatic rings. The van der Waals surface area contributed by atoms with Crippen molar-refractivity contribution in [2.75, 3.05) is 23.7 Å². The normalized spacial score (nSPS) is 23.6. The Balaban J connectivity index is 2.04. The largest absolute Gasteiger partial charge is 0.347 e. The maximum Gasteiger partial charge on any atom is 0.186 e. The summed E-state index contributed by atoms with van der Waals surface area (Å²) in [4.78, 5) is 6.85. The number of anilines is 1. The topological polar surface area (TPSA) is 16.1 Å². The Kier molecular flexibility index (Phi) is 3.73. The lowest BCUT2D eigenvalue weighted by Gasteiger charge is -2.18. The minimum atomic E-state index is 0.795. The Bertz CT molecular complexity index is 303. The minimum Gasteiger partial charge on any atom is -0.347 e. The van der Waals surface area contributed by atoms with Gasteiger partial charge in [-0.25, -0.2) is 4.98 Å². The Hall–Kier alpha value is 0.260. The van der Waals surface area contributed by atoms with Crippen LogP contribution in [0.2, 0.25) is 0 Å². The highest BCUT2D eigenvalue weighted by Gasteiger charge is 2.16. The number of aromatic nitrogens is 1. The Morgan fingerprint density at radius 2 is 2.43 bits per heavy atom. The van der Waals surface area contributed by atoms with Gasteiger partial charge in [-0.05, 0) is 22.4 Å². The molecule has 0 aliphatic carbocycles. The zero-order chi connectivity index (χ0) is 9.97. The second-order valence-electron chi connectivity index (χ2n) is 3.41. The predicted molar refractivity (Wildman–Crippen MR) is 68.6 cm³/mol. The van der Waals surface area contributed by atoms with Crippen LogP contribution in [0.25, 0.3) is 0 Å². The number of thioether (sulfide) groups is 1. The van der Waals surface area contributed by atoms with Crippen LogP contribution in [0, 0.1) is 0 Å². The van der Waals surface area contributed by atoms with Gasteiger partial charge in [0, 0.05) is 29.5 Å². The van der Waals surface area contributed by atoms with E-state index in [-0.39, 0.29) is 0 Å².